The fourth-order valence-corrected chi connectivity index (χ4v) is 3.23. The molecule has 0 amide bonds. The summed E-state index contributed by atoms with van der Waals surface area (Å²) < 4.78 is 12.7. The molecule has 0 unspecified atom stereocenters. The summed E-state index contributed by atoms with van der Waals surface area (Å²) in [6, 6.07) is 9.99. The van der Waals surface area contributed by atoms with Crippen LogP contribution in [0.5, 0.6) is 5.75 Å². The van der Waals surface area contributed by atoms with E-state index in [0.29, 0.717) is 0 Å². The van der Waals surface area contributed by atoms with E-state index in [4.69, 9.17) is 19.6 Å². The number of fused-ring (bicyclic) bond motifs is 1. The van der Waals surface area contributed by atoms with E-state index in [1.807, 2.05) is 34.8 Å². The minimum Gasteiger partial charge on any atom is -0.497 e. The Kier molecular flexibility index (Phi) is 4.05. The SMILES string of the molecule is COc1ccc(-c2cc3nc(C)c(C)c(N4CCOCC4)n3n2)cc1. The molecule has 0 N–H and O–H groups in total. The van der Waals surface area contributed by atoms with E-state index in [1.165, 1.54) is 5.56 Å². The summed E-state index contributed by atoms with van der Waals surface area (Å²) in [5.74, 6) is 1.96. The number of ether oxygens (including phenoxy) is 2. The van der Waals surface area contributed by atoms with E-state index in [9.17, 15) is 0 Å². The molecule has 1 aromatic carbocycles. The summed E-state index contributed by atoms with van der Waals surface area (Å²) in [5.41, 5.74) is 5.04. The zero-order valence-corrected chi connectivity index (χ0v) is 14.8. The maximum absolute atomic E-state index is 5.50. The van der Waals surface area contributed by atoms with Crippen molar-refractivity contribution < 1.29 is 9.47 Å². The summed E-state index contributed by atoms with van der Waals surface area (Å²) in [6.45, 7) is 7.40. The number of aromatic nitrogens is 3. The van der Waals surface area contributed by atoms with Crippen molar-refractivity contribution in [3.63, 3.8) is 0 Å². The highest BCUT2D eigenvalue weighted by Gasteiger charge is 2.20. The molecular formula is C19H22N4O2. The van der Waals surface area contributed by atoms with Crippen molar-refractivity contribution in [3.8, 4) is 17.0 Å². The van der Waals surface area contributed by atoms with Crippen LogP contribution in [-0.4, -0.2) is 48.0 Å². The minimum atomic E-state index is 0.745. The van der Waals surface area contributed by atoms with Crippen LogP contribution < -0.4 is 9.64 Å². The Morgan fingerprint density at radius 1 is 1.08 bits per heavy atom. The van der Waals surface area contributed by atoms with Gasteiger partial charge in [0.15, 0.2) is 5.65 Å². The highest BCUT2D eigenvalue weighted by Crippen LogP contribution is 2.28. The second-order valence-electron chi connectivity index (χ2n) is 6.27. The van der Waals surface area contributed by atoms with Crippen molar-refractivity contribution >= 4 is 11.5 Å². The fraction of sp³-hybridized carbons (Fsp3) is 0.368. The lowest BCUT2D eigenvalue weighted by molar-refractivity contribution is 0.122. The summed E-state index contributed by atoms with van der Waals surface area (Å²) in [5, 5.41) is 4.85. The first-order chi connectivity index (χ1) is 12.2. The van der Waals surface area contributed by atoms with Gasteiger partial charge in [0, 0.05) is 36.0 Å². The van der Waals surface area contributed by atoms with Gasteiger partial charge >= 0.3 is 0 Å². The third kappa shape index (κ3) is 2.82. The number of hydrogen-bond donors (Lipinski definition) is 0. The number of benzene rings is 1. The molecule has 25 heavy (non-hydrogen) atoms. The Hall–Kier alpha value is -2.60. The lowest BCUT2D eigenvalue weighted by Crippen LogP contribution is -2.38. The van der Waals surface area contributed by atoms with Gasteiger partial charge in [0.1, 0.15) is 11.6 Å². The molecular weight excluding hydrogens is 316 g/mol. The van der Waals surface area contributed by atoms with Crippen LogP contribution in [0.3, 0.4) is 0 Å². The van der Waals surface area contributed by atoms with Crippen LogP contribution in [0.2, 0.25) is 0 Å². The average molecular weight is 338 g/mol. The van der Waals surface area contributed by atoms with Crippen LogP contribution in [0.15, 0.2) is 30.3 Å². The summed E-state index contributed by atoms with van der Waals surface area (Å²) in [6.07, 6.45) is 0. The molecule has 0 aliphatic carbocycles. The van der Waals surface area contributed by atoms with Crippen molar-refractivity contribution in [2.75, 3.05) is 38.3 Å². The Labute approximate surface area is 147 Å². The number of morpholine rings is 1. The molecule has 1 saturated heterocycles. The first-order valence-electron chi connectivity index (χ1n) is 8.51. The minimum absolute atomic E-state index is 0.745. The van der Waals surface area contributed by atoms with Crippen LogP contribution >= 0.6 is 0 Å². The number of methoxy groups -OCH3 is 1. The summed E-state index contributed by atoms with van der Waals surface area (Å²) >= 11 is 0. The van der Waals surface area contributed by atoms with Crippen LogP contribution in [0.4, 0.5) is 5.82 Å². The van der Waals surface area contributed by atoms with Crippen LogP contribution in [0.1, 0.15) is 11.3 Å². The molecule has 3 heterocycles. The molecule has 0 radical (unpaired) electrons. The molecule has 6 heteroatoms. The van der Waals surface area contributed by atoms with Crippen molar-refractivity contribution in [2.45, 2.75) is 13.8 Å². The van der Waals surface area contributed by atoms with Gasteiger partial charge in [0.05, 0.1) is 26.0 Å². The lowest BCUT2D eigenvalue weighted by atomic mass is 10.1. The van der Waals surface area contributed by atoms with Crippen LogP contribution in [0.25, 0.3) is 16.9 Å². The molecule has 0 saturated carbocycles. The van der Waals surface area contributed by atoms with Crippen molar-refractivity contribution in [1.29, 1.82) is 0 Å². The van der Waals surface area contributed by atoms with E-state index in [0.717, 1.165) is 60.5 Å². The predicted molar refractivity (Wildman–Crippen MR) is 97.5 cm³/mol. The molecule has 2 aromatic heterocycles. The van der Waals surface area contributed by atoms with E-state index >= 15 is 0 Å². The van der Waals surface area contributed by atoms with Gasteiger partial charge in [-0.05, 0) is 38.1 Å². The van der Waals surface area contributed by atoms with Gasteiger partial charge in [-0.2, -0.15) is 9.61 Å². The fourth-order valence-electron chi connectivity index (χ4n) is 3.23. The van der Waals surface area contributed by atoms with E-state index in [1.54, 1.807) is 7.11 Å². The molecule has 3 aromatic rings. The zero-order chi connectivity index (χ0) is 17.4. The normalized spacial score (nSPS) is 14.9. The molecule has 0 atom stereocenters. The second-order valence-corrected chi connectivity index (χ2v) is 6.27. The quantitative estimate of drug-likeness (QED) is 0.735. The maximum Gasteiger partial charge on any atom is 0.158 e. The summed E-state index contributed by atoms with van der Waals surface area (Å²) in [7, 11) is 1.67. The van der Waals surface area contributed by atoms with Crippen LogP contribution in [-0.2, 0) is 4.74 Å². The topological polar surface area (TPSA) is 51.9 Å². The molecule has 4 rings (SSSR count). The van der Waals surface area contributed by atoms with E-state index in [-0.39, 0.29) is 0 Å². The number of aryl methyl sites for hydroxylation is 1. The Balaban J connectivity index is 1.83. The highest BCUT2D eigenvalue weighted by atomic mass is 16.5. The first-order valence-corrected chi connectivity index (χ1v) is 8.51. The van der Waals surface area contributed by atoms with Crippen molar-refractivity contribution in [3.05, 3.63) is 41.6 Å². The van der Waals surface area contributed by atoms with Crippen LogP contribution in [0, 0.1) is 13.8 Å². The second kappa shape index (κ2) is 6.37. The first kappa shape index (κ1) is 15.9. The standard InChI is InChI=1S/C19H22N4O2/c1-13-14(2)20-18-12-17(15-4-6-16(24-3)7-5-15)21-23(18)19(13)22-8-10-25-11-9-22/h4-7,12H,8-11H2,1-3H3. The Bertz CT molecular complexity index is 896. The van der Waals surface area contributed by atoms with Gasteiger partial charge in [-0.1, -0.05) is 0 Å². The van der Waals surface area contributed by atoms with Crippen molar-refractivity contribution in [1.82, 2.24) is 14.6 Å². The maximum atomic E-state index is 5.50. The smallest absolute Gasteiger partial charge is 0.158 e. The number of nitrogens with zero attached hydrogens (tertiary/aromatic N) is 4. The third-order valence-corrected chi connectivity index (χ3v) is 4.75. The lowest BCUT2D eigenvalue weighted by Gasteiger charge is -2.30. The molecule has 0 spiro atoms. The number of hydrogen-bond acceptors (Lipinski definition) is 5. The molecule has 6 nitrogen and oxygen atoms in total. The van der Waals surface area contributed by atoms with E-state index < -0.39 is 0 Å². The third-order valence-electron chi connectivity index (χ3n) is 4.75. The van der Waals surface area contributed by atoms with Gasteiger partial charge in [-0.3, -0.25) is 0 Å². The van der Waals surface area contributed by atoms with Crippen molar-refractivity contribution in [2.24, 2.45) is 0 Å². The number of anilines is 1. The predicted octanol–water partition coefficient (Wildman–Crippen LogP) is 2.86. The molecule has 1 aliphatic rings. The van der Waals surface area contributed by atoms with Gasteiger partial charge in [0.25, 0.3) is 0 Å². The average Bonchev–Trinajstić information content (AvgIpc) is 3.06. The summed E-state index contributed by atoms with van der Waals surface area (Å²) in [4.78, 5) is 7.07. The monoisotopic (exact) mass is 338 g/mol. The molecule has 0 bridgehead atoms. The highest BCUT2D eigenvalue weighted by molar-refractivity contribution is 5.67. The number of rotatable bonds is 3. The molecule has 130 valence electrons. The molecule has 1 aliphatic heterocycles. The van der Waals surface area contributed by atoms with Gasteiger partial charge in [-0.15, -0.1) is 0 Å². The molecule has 1 fully saturated rings. The zero-order valence-electron chi connectivity index (χ0n) is 14.8. The van der Waals surface area contributed by atoms with E-state index in [2.05, 4.69) is 18.7 Å². The Morgan fingerprint density at radius 3 is 2.48 bits per heavy atom. The largest absolute Gasteiger partial charge is 0.497 e. The van der Waals surface area contributed by atoms with Gasteiger partial charge in [0.2, 0.25) is 0 Å². The Morgan fingerprint density at radius 2 is 1.80 bits per heavy atom. The van der Waals surface area contributed by atoms with Gasteiger partial charge in [-0.25, -0.2) is 4.98 Å². The van der Waals surface area contributed by atoms with Gasteiger partial charge < -0.3 is 14.4 Å².